The number of carbonyl (C=O) groups excluding carboxylic acids is 1. The standard InChI is InChI=1S/C16H16O3/c1-11(2)9-10-19-16(18)15-13-6-4-3-5-12(13)7-8-14(15)17/h3-9,17H,10H2,1-2H3. The number of benzene rings is 2. The van der Waals surface area contributed by atoms with Crippen LogP contribution in [0.1, 0.15) is 24.2 Å². The molecule has 0 unspecified atom stereocenters. The Bertz CT molecular complexity index is 637. The van der Waals surface area contributed by atoms with Crippen LogP contribution in [-0.4, -0.2) is 17.7 Å². The number of phenols is 1. The molecule has 1 N–H and O–H groups in total. The summed E-state index contributed by atoms with van der Waals surface area (Å²) < 4.78 is 5.15. The van der Waals surface area contributed by atoms with E-state index in [1.807, 2.05) is 38.1 Å². The molecule has 19 heavy (non-hydrogen) atoms. The number of ether oxygens (including phenoxy) is 1. The van der Waals surface area contributed by atoms with Crippen molar-refractivity contribution in [3.05, 3.63) is 53.6 Å². The lowest BCUT2D eigenvalue weighted by Gasteiger charge is -2.08. The molecule has 2 rings (SSSR count). The number of rotatable bonds is 3. The van der Waals surface area contributed by atoms with Gasteiger partial charge in [-0.15, -0.1) is 0 Å². The lowest BCUT2D eigenvalue weighted by atomic mass is 10.0. The van der Waals surface area contributed by atoms with E-state index in [1.165, 1.54) is 6.07 Å². The molecule has 0 heterocycles. The summed E-state index contributed by atoms with van der Waals surface area (Å²) in [6.07, 6.45) is 1.82. The number of phenolic OH excluding ortho intramolecular Hbond substituents is 1. The van der Waals surface area contributed by atoms with Gasteiger partial charge in [-0.05, 0) is 36.8 Å². The van der Waals surface area contributed by atoms with Gasteiger partial charge >= 0.3 is 5.97 Å². The second kappa shape index (κ2) is 5.57. The van der Waals surface area contributed by atoms with Crippen molar-refractivity contribution in [2.75, 3.05) is 6.61 Å². The van der Waals surface area contributed by atoms with E-state index in [2.05, 4.69) is 0 Å². The smallest absolute Gasteiger partial charge is 0.342 e. The Morgan fingerprint density at radius 1 is 1.21 bits per heavy atom. The molecule has 0 saturated carbocycles. The molecule has 0 radical (unpaired) electrons. The molecule has 0 saturated heterocycles. The lowest BCUT2D eigenvalue weighted by Crippen LogP contribution is -2.06. The van der Waals surface area contributed by atoms with E-state index in [0.717, 1.165) is 11.0 Å². The minimum Gasteiger partial charge on any atom is -0.507 e. The first-order chi connectivity index (χ1) is 9.09. The molecule has 0 aromatic heterocycles. The number of fused-ring (bicyclic) bond motifs is 1. The number of hydrogen-bond acceptors (Lipinski definition) is 3. The fourth-order valence-corrected chi connectivity index (χ4v) is 1.83. The van der Waals surface area contributed by atoms with E-state index >= 15 is 0 Å². The maximum atomic E-state index is 12.0. The quantitative estimate of drug-likeness (QED) is 0.673. The van der Waals surface area contributed by atoms with Crippen LogP contribution in [0.2, 0.25) is 0 Å². The highest BCUT2D eigenvalue weighted by molar-refractivity contribution is 6.06. The minimum atomic E-state index is -0.508. The monoisotopic (exact) mass is 256 g/mol. The molecule has 2 aromatic carbocycles. The van der Waals surface area contributed by atoms with Crippen molar-refractivity contribution < 1.29 is 14.6 Å². The summed E-state index contributed by atoms with van der Waals surface area (Å²) in [6.45, 7) is 4.08. The summed E-state index contributed by atoms with van der Waals surface area (Å²) in [5.74, 6) is -0.562. The second-order valence-corrected chi connectivity index (χ2v) is 4.56. The first kappa shape index (κ1) is 13.1. The predicted octanol–water partition coefficient (Wildman–Crippen LogP) is 3.67. The van der Waals surface area contributed by atoms with Gasteiger partial charge in [0.25, 0.3) is 0 Å². The summed E-state index contributed by atoms with van der Waals surface area (Å²) in [5, 5.41) is 11.5. The van der Waals surface area contributed by atoms with Gasteiger partial charge in [-0.3, -0.25) is 0 Å². The van der Waals surface area contributed by atoms with E-state index in [0.29, 0.717) is 5.39 Å². The van der Waals surface area contributed by atoms with E-state index in [9.17, 15) is 9.90 Å². The molecule has 0 fully saturated rings. The summed E-state index contributed by atoms with van der Waals surface area (Å²) in [4.78, 5) is 12.0. The van der Waals surface area contributed by atoms with Crippen LogP contribution in [-0.2, 0) is 4.74 Å². The van der Waals surface area contributed by atoms with Gasteiger partial charge < -0.3 is 9.84 Å². The summed E-state index contributed by atoms with van der Waals surface area (Å²) in [7, 11) is 0. The molecule has 0 bridgehead atoms. The molecule has 0 atom stereocenters. The van der Waals surface area contributed by atoms with Crippen LogP contribution in [0.4, 0.5) is 0 Å². The van der Waals surface area contributed by atoms with Crippen molar-refractivity contribution in [2.24, 2.45) is 0 Å². The number of aromatic hydroxyl groups is 1. The molecular weight excluding hydrogens is 240 g/mol. The lowest BCUT2D eigenvalue weighted by molar-refractivity contribution is 0.0548. The molecule has 3 heteroatoms. The zero-order valence-electron chi connectivity index (χ0n) is 11.0. The maximum absolute atomic E-state index is 12.0. The third kappa shape index (κ3) is 2.94. The van der Waals surface area contributed by atoms with Crippen LogP contribution < -0.4 is 0 Å². The number of carbonyl (C=O) groups is 1. The fourth-order valence-electron chi connectivity index (χ4n) is 1.83. The Morgan fingerprint density at radius 3 is 2.68 bits per heavy atom. The second-order valence-electron chi connectivity index (χ2n) is 4.56. The van der Waals surface area contributed by atoms with Gasteiger partial charge in [0.2, 0.25) is 0 Å². The molecule has 2 aromatic rings. The third-order valence-corrected chi connectivity index (χ3v) is 2.82. The Balaban J connectivity index is 2.35. The van der Waals surface area contributed by atoms with Gasteiger partial charge in [0.1, 0.15) is 17.9 Å². The normalized spacial score (nSPS) is 10.2. The van der Waals surface area contributed by atoms with Crippen LogP contribution >= 0.6 is 0 Å². The van der Waals surface area contributed by atoms with Crippen molar-refractivity contribution in [3.63, 3.8) is 0 Å². The van der Waals surface area contributed by atoms with Gasteiger partial charge in [0, 0.05) is 0 Å². The largest absolute Gasteiger partial charge is 0.507 e. The van der Waals surface area contributed by atoms with Crippen LogP contribution in [0.25, 0.3) is 10.8 Å². The molecular formula is C16H16O3. The van der Waals surface area contributed by atoms with Gasteiger partial charge in [0.15, 0.2) is 0 Å². The summed E-state index contributed by atoms with van der Waals surface area (Å²) in [5.41, 5.74) is 1.30. The highest BCUT2D eigenvalue weighted by atomic mass is 16.5. The molecule has 0 aliphatic carbocycles. The van der Waals surface area contributed by atoms with Crippen molar-refractivity contribution in [3.8, 4) is 5.75 Å². The summed E-state index contributed by atoms with van der Waals surface area (Å²) >= 11 is 0. The van der Waals surface area contributed by atoms with Gasteiger partial charge in [-0.1, -0.05) is 35.9 Å². The number of esters is 1. The van der Waals surface area contributed by atoms with E-state index < -0.39 is 5.97 Å². The van der Waals surface area contributed by atoms with E-state index in [4.69, 9.17) is 4.74 Å². The van der Waals surface area contributed by atoms with Crippen LogP contribution in [0.5, 0.6) is 5.75 Å². The van der Waals surface area contributed by atoms with Crippen molar-refractivity contribution in [2.45, 2.75) is 13.8 Å². The summed E-state index contributed by atoms with van der Waals surface area (Å²) in [6, 6.07) is 10.7. The van der Waals surface area contributed by atoms with Crippen LogP contribution in [0, 0.1) is 0 Å². The highest BCUT2D eigenvalue weighted by Gasteiger charge is 2.15. The zero-order valence-corrected chi connectivity index (χ0v) is 11.0. The van der Waals surface area contributed by atoms with E-state index in [-0.39, 0.29) is 17.9 Å². The number of hydrogen-bond donors (Lipinski definition) is 1. The predicted molar refractivity (Wildman–Crippen MR) is 75.3 cm³/mol. The first-order valence-corrected chi connectivity index (χ1v) is 6.11. The zero-order chi connectivity index (χ0) is 13.8. The molecule has 0 spiro atoms. The van der Waals surface area contributed by atoms with Crippen molar-refractivity contribution in [1.82, 2.24) is 0 Å². The number of allylic oxidation sites excluding steroid dienone is 1. The molecule has 0 aliphatic rings. The molecule has 3 nitrogen and oxygen atoms in total. The molecule has 98 valence electrons. The molecule has 0 amide bonds. The average molecular weight is 256 g/mol. The Morgan fingerprint density at radius 2 is 1.95 bits per heavy atom. The van der Waals surface area contributed by atoms with Crippen molar-refractivity contribution >= 4 is 16.7 Å². The fraction of sp³-hybridized carbons (Fsp3) is 0.188. The van der Waals surface area contributed by atoms with Crippen molar-refractivity contribution in [1.29, 1.82) is 0 Å². The van der Waals surface area contributed by atoms with Crippen LogP contribution in [0.15, 0.2) is 48.0 Å². The Labute approximate surface area is 112 Å². The van der Waals surface area contributed by atoms with Gasteiger partial charge in [0.05, 0.1) is 0 Å². The third-order valence-electron chi connectivity index (χ3n) is 2.82. The highest BCUT2D eigenvalue weighted by Crippen LogP contribution is 2.27. The first-order valence-electron chi connectivity index (χ1n) is 6.11. The Kier molecular flexibility index (Phi) is 3.85. The molecule has 0 aliphatic heterocycles. The average Bonchev–Trinajstić information content (AvgIpc) is 2.38. The minimum absolute atomic E-state index is 0.0547. The SMILES string of the molecule is CC(C)=CCOC(=O)c1c(O)ccc2ccccc12. The maximum Gasteiger partial charge on any atom is 0.342 e. The van der Waals surface area contributed by atoms with Gasteiger partial charge in [-0.2, -0.15) is 0 Å². The topological polar surface area (TPSA) is 46.5 Å². The Hall–Kier alpha value is -2.29. The van der Waals surface area contributed by atoms with Crippen LogP contribution in [0.3, 0.4) is 0 Å². The van der Waals surface area contributed by atoms with Gasteiger partial charge in [-0.25, -0.2) is 4.79 Å². The van der Waals surface area contributed by atoms with E-state index in [1.54, 1.807) is 12.1 Å².